The van der Waals surface area contributed by atoms with Crippen molar-refractivity contribution in [3.63, 3.8) is 0 Å². The smallest absolute Gasteiger partial charge is 0.275 e. The van der Waals surface area contributed by atoms with Gasteiger partial charge < -0.3 is 19.7 Å². The number of amidine groups is 1. The van der Waals surface area contributed by atoms with Gasteiger partial charge in [0, 0.05) is 26.1 Å². The molecule has 1 N–H and O–H groups in total. The molecular weight excluding hydrogens is 394 g/mol. The maximum absolute atomic E-state index is 12.9. The molecule has 1 aliphatic carbocycles. The van der Waals surface area contributed by atoms with Crippen LogP contribution in [0.15, 0.2) is 41.5 Å². The number of amides is 1. The van der Waals surface area contributed by atoms with E-state index in [1.165, 1.54) is 5.56 Å². The lowest BCUT2D eigenvalue weighted by atomic mass is 10.1. The number of carbonyl (C=O) groups is 1. The summed E-state index contributed by atoms with van der Waals surface area (Å²) in [7, 11) is 2.00. The van der Waals surface area contributed by atoms with Gasteiger partial charge in [0.2, 0.25) is 5.88 Å². The number of ether oxygens (including phenoxy) is 2. The molecule has 3 heterocycles. The highest BCUT2D eigenvalue weighted by molar-refractivity contribution is 5.95. The zero-order valence-corrected chi connectivity index (χ0v) is 17.7. The van der Waals surface area contributed by atoms with Crippen LogP contribution in [0.2, 0.25) is 0 Å². The quantitative estimate of drug-likeness (QED) is 0.738. The third-order valence-corrected chi connectivity index (χ3v) is 5.95. The number of aliphatic imine (C=N–C) groups is 1. The first kappa shape index (κ1) is 19.9. The summed E-state index contributed by atoms with van der Waals surface area (Å²) in [6.07, 6.45) is 4.72. The standard InChI is InChI=1S/C23H27N5O3/c1-28-12-19(15-5-3-2-4-6-15)26-20(28)14-31-23-21(22(29)25-17-9-10-30-13-17)27-18(11-24-23)16-7-8-16/h2-6,11,16-17,19H,7-10,12-14H2,1H3,(H,25,29)/t17-,19?/m0/s1. The average Bonchev–Trinajstić information content (AvgIpc) is 3.40. The molecule has 5 rings (SSSR count). The monoisotopic (exact) mass is 421 g/mol. The molecule has 8 heteroatoms. The SMILES string of the molecule is CN1CC(c2ccccc2)N=C1COc1ncc(C2CC2)nc1C(=O)N[C@H]1CCOC1. The van der Waals surface area contributed by atoms with Gasteiger partial charge in [0.15, 0.2) is 5.69 Å². The molecule has 1 saturated carbocycles. The van der Waals surface area contributed by atoms with Gasteiger partial charge in [-0.3, -0.25) is 9.79 Å². The van der Waals surface area contributed by atoms with E-state index in [0.717, 1.165) is 37.3 Å². The summed E-state index contributed by atoms with van der Waals surface area (Å²) < 4.78 is 11.3. The van der Waals surface area contributed by atoms with E-state index in [4.69, 9.17) is 14.5 Å². The lowest BCUT2D eigenvalue weighted by Gasteiger charge is -2.16. The molecule has 0 radical (unpaired) electrons. The van der Waals surface area contributed by atoms with Crippen molar-refractivity contribution in [3.8, 4) is 5.88 Å². The van der Waals surface area contributed by atoms with E-state index in [1.54, 1.807) is 6.20 Å². The third kappa shape index (κ3) is 4.54. The normalized spacial score (nSPS) is 23.0. The van der Waals surface area contributed by atoms with E-state index < -0.39 is 0 Å². The van der Waals surface area contributed by atoms with Crippen LogP contribution in [0.1, 0.15) is 53.0 Å². The van der Waals surface area contributed by atoms with Gasteiger partial charge in [0.05, 0.1) is 30.6 Å². The molecular formula is C23H27N5O3. The number of carbonyl (C=O) groups excluding carboxylic acids is 1. The first-order valence-electron chi connectivity index (χ1n) is 10.9. The van der Waals surface area contributed by atoms with E-state index in [0.29, 0.717) is 19.1 Å². The summed E-state index contributed by atoms with van der Waals surface area (Å²) in [4.78, 5) is 28.9. The zero-order valence-electron chi connectivity index (χ0n) is 17.7. The van der Waals surface area contributed by atoms with Crippen LogP contribution in [0.5, 0.6) is 5.88 Å². The molecule has 1 aromatic carbocycles. The minimum absolute atomic E-state index is 0.00343. The van der Waals surface area contributed by atoms with E-state index in [2.05, 4.69) is 32.3 Å². The molecule has 8 nitrogen and oxygen atoms in total. The molecule has 1 amide bonds. The van der Waals surface area contributed by atoms with Crippen LogP contribution < -0.4 is 10.1 Å². The molecule has 1 aromatic heterocycles. The van der Waals surface area contributed by atoms with Gasteiger partial charge in [-0.2, -0.15) is 0 Å². The van der Waals surface area contributed by atoms with Crippen molar-refractivity contribution in [2.24, 2.45) is 4.99 Å². The number of rotatable bonds is 7. The fourth-order valence-electron chi connectivity index (χ4n) is 3.94. The highest BCUT2D eigenvalue weighted by Gasteiger charge is 2.30. The molecule has 2 aliphatic heterocycles. The third-order valence-electron chi connectivity index (χ3n) is 5.95. The van der Waals surface area contributed by atoms with Crippen molar-refractivity contribution >= 4 is 11.7 Å². The minimum Gasteiger partial charge on any atom is -0.468 e. The van der Waals surface area contributed by atoms with Crippen molar-refractivity contribution in [1.29, 1.82) is 0 Å². The van der Waals surface area contributed by atoms with Gasteiger partial charge in [-0.1, -0.05) is 30.3 Å². The number of benzene rings is 1. The second-order valence-corrected chi connectivity index (χ2v) is 8.40. The molecule has 1 saturated heterocycles. The van der Waals surface area contributed by atoms with Crippen molar-refractivity contribution < 1.29 is 14.3 Å². The number of hydrogen-bond acceptors (Lipinski definition) is 7. The molecule has 1 unspecified atom stereocenters. The predicted octanol–water partition coefficient (Wildman–Crippen LogP) is 2.34. The Morgan fingerprint density at radius 3 is 2.84 bits per heavy atom. The Morgan fingerprint density at radius 2 is 2.10 bits per heavy atom. The van der Waals surface area contributed by atoms with E-state index in [-0.39, 0.29) is 36.2 Å². The van der Waals surface area contributed by atoms with Crippen molar-refractivity contribution in [2.45, 2.75) is 37.3 Å². The maximum atomic E-state index is 12.9. The molecule has 2 atom stereocenters. The Bertz CT molecular complexity index is 970. The minimum atomic E-state index is -0.260. The van der Waals surface area contributed by atoms with Crippen LogP contribution in [0.4, 0.5) is 0 Å². The molecule has 162 valence electrons. The summed E-state index contributed by atoms with van der Waals surface area (Å²) in [5.74, 6) is 1.22. The fraction of sp³-hybridized carbons (Fsp3) is 0.478. The summed E-state index contributed by atoms with van der Waals surface area (Å²) in [5.41, 5.74) is 2.29. The van der Waals surface area contributed by atoms with Crippen molar-refractivity contribution in [3.05, 3.63) is 53.5 Å². The summed E-state index contributed by atoms with van der Waals surface area (Å²) in [5, 5.41) is 3.00. The first-order chi connectivity index (χ1) is 15.2. The average molecular weight is 422 g/mol. The van der Waals surface area contributed by atoms with Gasteiger partial charge >= 0.3 is 0 Å². The topological polar surface area (TPSA) is 88.9 Å². The number of likely N-dealkylation sites (N-methyl/N-ethyl adjacent to an activating group) is 1. The Labute approximate surface area is 181 Å². The second-order valence-electron chi connectivity index (χ2n) is 8.40. The van der Waals surface area contributed by atoms with E-state index in [9.17, 15) is 4.79 Å². The molecule has 2 fully saturated rings. The van der Waals surface area contributed by atoms with Crippen LogP contribution in [0, 0.1) is 0 Å². The number of nitrogens with zero attached hydrogens (tertiary/aromatic N) is 4. The molecule has 0 spiro atoms. The first-order valence-corrected chi connectivity index (χ1v) is 10.9. The molecule has 2 aromatic rings. The lowest BCUT2D eigenvalue weighted by molar-refractivity contribution is 0.0919. The van der Waals surface area contributed by atoms with Crippen LogP contribution >= 0.6 is 0 Å². The Hall–Kier alpha value is -3.00. The van der Waals surface area contributed by atoms with Gasteiger partial charge in [0.1, 0.15) is 12.4 Å². The summed E-state index contributed by atoms with van der Waals surface area (Å²) in [6.45, 7) is 2.23. The lowest BCUT2D eigenvalue weighted by Crippen LogP contribution is -2.36. The Kier molecular flexibility index (Phi) is 5.55. The number of nitrogens with one attached hydrogen (secondary N) is 1. The second kappa shape index (κ2) is 8.63. The number of hydrogen-bond donors (Lipinski definition) is 1. The van der Waals surface area contributed by atoms with E-state index in [1.807, 2.05) is 25.2 Å². The zero-order chi connectivity index (χ0) is 21.2. The van der Waals surface area contributed by atoms with Crippen molar-refractivity contribution in [2.75, 3.05) is 33.4 Å². The van der Waals surface area contributed by atoms with Gasteiger partial charge in [-0.05, 0) is 24.8 Å². The Morgan fingerprint density at radius 1 is 1.26 bits per heavy atom. The van der Waals surface area contributed by atoms with Gasteiger partial charge in [-0.15, -0.1) is 0 Å². The summed E-state index contributed by atoms with van der Waals surface area (Å²) in [6, 6.07) is 10.3. The van der Waals surface area contributed by atoms with Crippen molar-refractivity contribution in [1.82, 2.24) is 20.2 Å². The van der Waals surface area contributed by atoms with Crippen LogP contribution in [-0.4, -0.2) is 66.1 Å². The highest BCUT2D eigenvalue weighted by atomic mass is 16.5. The summed E-state index contributed by atoms with van der Waals surface area (Å²) >= 11 is 0. The molecule has 3 aliphatic rings. The van der Waals surface area contributed by atoms with Crippen LogP contribution in [0.25, 0.3) is 0 Å². The van der Waals surface area contributed by atoms with E-state index >= 15 is 0 Å². The highest BCUT2D eigenvalue weighted by Crippen LogP contribution is 2.39. The van der Waals surface area contributed by atoms with Crippen LogP contribution in [-0.2, 0) is 4.74 Å². The Balaban J connectivity index is 1.31. The van der Waals surface area contributed by atoms with Crippen LogP contribution in [0.3, 0.4) is 0 Å². The molecule has 31 heavy (non-hydrogen) atoms. The predicted molar refractivity (Wildman–Crippen MR) is 115 cm³/mol. The van der Waals surface area contributed by atoms with Gasteiger partial charge in [-0.25, -0.2) is 9.97 Å². The molecule has 0 bridgehead atoms. The number of aromatic nitrogens is 2. The maximum Gasteiger partial charge on any atom is 0.275 e. The van der Waals surface area contributed by atoms with Gasteiger partial charge in [0.25, 0.3) is 5.91 Å². The largest absolute Gasteiger partial charge is 0.468 e. The fourth-order valence-corrected chi connectivity index (χ4v) is 3.94.